The first-order valence-corrected chi connectivity index (χ1v) is 8.13. The third-order valence-corrected chi connectivity index (χ3v) is 4.51. The highest BCUT2D eigenvalue weighted by molar-refractivity contribution is 5.89. The number of nitrogens with zero attached hydrogens (tertiary/aromatic N) is 1. The molecule has 23 heavy (non-hydrogen) atoms. The lowest BCUT2D eigenvalue weighted by Gasteiger charge is -2.28. The Hall–Kier alpha value is -2.36. The van der Waals surface area contributed by atoms with Gasteiger partial charge in [0.25, 0.3) is 0 Å². The SMILES string of the molecule is CC(=O)N[C@H](C)C(=O)N1CCC[C@@H]1c1cccc2ccccc12. The molecule has 120 valence electrons. The minimum absolute atomic E-state index is 0.00404. The average Bonchev–Trinajstić information content (AvgIpc) is 3.02. The number of carbonyl (C=O) groups is 2. The molecule has 2 aromatic carbocycles. The number of hydrogen-bond acceptors (Lipinski definition) is 2. The molecular formula is C19H22N2O2. The fourth-order valence-corrected chi connectivity index (χ4v) is 3.51. The molecule has 1 saturated heterocycles. The van der Waals surface area contributed by atoms with Gasteiger partial charge in [0.05, 0.1) is 6.04 Å². The molecule has 0 bridgehead atoms. The second-order valence-corrected chi connectivity index (χ2v) is 6.18. The van der Waals surface area contributed by atoms with Crippen LogP contribution in [0, 0.1) is 0 Å². The van der Waals surface area contributed by atoms with Crippen molar-refractivity contribution in [3.8, 4) is 0 Å². The maximum absolute atomic E-state index is 12.7. The lowest BCUT2D eigenvalue weighted by Crippen LogP contribution is -2.46. The summed E-state index contributed by atoms with van der Waals surface area (Å²) in [6.07, 6.45) is 1.96. The Bertz CT molecular complexity index is 736. The topological polar surface area (TPSA) is 49.4 Å². The second kappa shape index (κ2) is 6.41. The zero-order valence-corrected chi connectivity index (χ0v) is 13.6. The van der Waals surface area contributed by atoms with Crippen molar-refractivity contribution in [3.63, 3.8) is 0 Å². The molecule has 2 aromatic rings. The van der Waals surface area contributed by atoms with Gasteiger partial charge in [-0.05, 0) is 36.1 Å². The van der Waals surface area contributed by atoms with Crippen LogP contribution in [0.15, 0.2) is 42.5 Å². The van der Waals surface area contributed by atoms with Crippen LogP contribution in [0.3, 0.4) is 0 Å². The van der Waals surface area contributed by atoms with Gasteiger partial charge in [-0.15, -0.1) is 0 Å². The predicted octanol–water partition coefficient (Wildman–Crippen LogP) is 3.03. The molecule has 1 aliphatic rings. The van der Waals surface area contributed by atoms with Crippen LogP contribution in [0.1, 0.15) is 38.3 Å². The Morgan fingerprint density at radius 3 is 2.70 bits per heavy atom. The van der Waals surface area contributed by atoms with Gasteiger partial charge in [0.2, 0.25) is 11.8 Å². The first kappa shape index (κ1) is 15.5. The highest BCUT2D eigenvalue weighted by Crippen LogP contribution is 2.36. The summed E-state index contributed by atoms with van der Waals surface area (Å²) in [7, 11) is 0. The van der Waals surface area contributed by atoms with Gasteiger partial charge in [-0.25, -0.2) is 0 Å². The van der Waals surface area contributed by atoms with Crippen LogP contribution in [-0.4, -0.2) is 29.3 Å². The number of nitrogens with one attached hydrogen (secondary N) is 1. The van der Waals surface area contributed by atoms with E-state index in [-0.39, 0.29) is 17.9 Å². The molecule has 0 spiro atoms. The summed E-state index contributed by atoms with van der Waals surface area (Å²) in [6, 6.07) is 14.1. The Morgan fingerprint density at radius 1 is 1.17 bits per heavy atom. The number of amides is 2. The molecule has 2 amide bonds. The summed E-state index contributed by atoms with van der Waals surface area (Å²) in [5.74, 6) is -0.178. The lowest BCUT2D eigenvalue weighted by molar-refractivity contribution is -0.136. The highest BCUT2D eigenvalue weighted by atomic mass is 16.2. The summed E-state index contributed by atoms with van der Waals surface area (Å²) in [4.78, 5) is 25.8. The van der Waals surface area contributed by atoms with Gasteiger partial charge in [0.1, 0.15) is 6.04 Å². The predicted molar refractivity (Wildman–Crippen MR) is 90.9 cm³/mol. The fraction of sp³-hybridized carbons (Fsp3) is 0.368. The van der Waals surface area contributed by atoms with Crippen LogP contribution >= 0.6 is 0 Å². The Labute approximate surface area is 136 Å². The van der Waals surface area contributed by atoms with E-state index < -0.39 is 6.04 Å². The van der Waals surface area contributed by atoms with Gasteiger partial charge >= 0.3 is 0 Å². The minimum atomic E-state index is -0.483. The number of carbonyl (C=O) groups excluding carboxylic acids is 2. The highest BCUT2D eigenvalue weighted by Gasteiger charge is 2.33. The molecule has 0 radical (unpaired) electrons. The average molecular weight is 310 g/mol. The molecule has 2 atom stereocenters. The number of benzene rings is 2. The molecule has 0 aromatic heterocycles. The van der Waals surface area contributed by atoms with Crippen molar-refractivity contribution < 1.29 is 9.59 Å². The van der Waals surface area contributed by atoms with Crippen molar-refractivity contribution >= 4 is 22.6 Å². The molecule has 4 heteroatoms. The number of fused-ring (bicyclic) bond motifs is 1. The maximum Gasteiger partial charge on any atom is 0.245 e. The first-order chi connectivity index (χ1) is 11.1. The summed E-state index contributed by atoms with van der Waals surface area (Å²) >= 11 is 0. The van der Waals surface area contributed by atoms with Gasteiger partial charge in [-0.3, -0.25) is 9.59 Å². The minimum Gasteiger partial charge on any atom is -0.345 e. The summed E-state index contributed by atoms with van der Waals surface area (Å²) in [6.45, 7) is 3.94. The Kier molecular flexibility index (Phi) is 4.33. The number of rotatable bonds is 3. The molecule has 4 nitrogen and oxygen atoms in total. The molecule has 0 saturated carbocycles. The van der Waals surface area contributed by atoms with Crippen LogP contribution in [0.25, 0.3) is 10.8 Å². The van der Waals surface area contributed by atoms with Crippen molar-refractivity contribution in [3.05, 3.63) is 48.0 Å². The lowest BCUT2D eigenvalue weighted by atomic mass is 9.97. The quantitative estimate of drug-likeness (QED) is 0.947. The zero-order valence-electron chi connectivity index (χ0n) is 13.6. The van der Waals surface area contributed by atoms with Crippen LogP contribution in [0.5, 0.6) is 0 Å². The number of likely N-dealkylation sites (tertiary alicyclic amines) is 1. The van der Waals surface area contributed by atoms with Crippen molar-refractivity contribution in [2.24, 2.45) is 0 Å². The van der Waals surface area contributed by atoms with Crippen molar-refractivity contribution in [1.82, 2.24) is 10.2 Å². The van der Waals surface area contributed by atoms with Gasteiger partial charge in [0, 0.05) is 13.5 Å². The molecule has 1 N–H and O–H groups in total. The van der Waals surface area contributed by atoms with E-state index in [9.17, 15) is 9.59 Å². The largest absolute Gasteiger partial charge is 0.345 e. The molecule has 1 fully saturated rings. The van der Waals surface area contributed by atoms with E-state index in [1.54, 1.807) is 6.92 Å². The molecule has 1 aliphatic heterocycles. The van der Waals surface area contributed by atoms with Crippen LogP contribution in [-0.2, 0) is 9.59 Å². The monoisotopic (exact) mass is 310 g/mol. The van der Waals surface area contributed by atoms with E-state index in [1.807, 2.05) is 17.0 Å². The van der Waals surface area contributed by atoms with Crippen LogP contribution in [0.2, 0.25) is 0 Å². The second-order valence-electron chi connectivity index (χ2n) is 6.18. The zero-order chi connectivity index (χ0) is 16.4. The van der Waals surface area contributed by atoms with E-state index in [4.69, 9.17) is 0 Å². The maximum atomic E-state index is 12.7. The molecular weight excluding hydrogens is 288 g/mol. The van der Waals surface area contributed by atoms with Crippen molar-refractivity contribution in [2.45, 2.75) is 38.8 Å². The molecule has 0 unspecified atom stereocenters. The molecule has 1 heterocycles. The van der Waals surface area contributed by atoms with Crippen LogP contribution < -0.4 is 5.32 Å². The van der Waals surface area contributed by atoms with E-state index in [2.05, 4.69) is 35.6 Å². The first-order valence-electron chi connectivity index (χ1n) is 8.13. The normalized spacial score (nSPS) is 18.9. The van der Waals surface area contributed by atoms with E-state index in [0.29, 0.717) is 0 Å². The third-order valence-electron chi connectivity index (χ3n) is 4.51. The van der Waals surface area contributed by atoms with Gasteiger partial charge in [0.15, 0.2) is 0 Å². The standard InChI is InChI=1S/C19H22N2O2/c1-13(20-14(2)22)19(23)21-12-6-11-18(21)17-10-5-8-15-7-3-4-9-16(15)17/h3-5,7-10,13,18H,6,11-12H2,1-2H3,(H,20,22)/t13-,18-/m1/s1. The fourth-order valence-electron chi connectivity index (χ4n) is 3.51. The van der Waals surface area contributed by atoms with Crippen LogP contribution in [0.4, 0.5) is 0 Å². The molecule has 0 aliphatic carbocycles. The Balaban J connectivity index is 1.92. The molecule has 3 rings (SSSR count). The van der Waals surface area contributed by atoms with Crippen molar-refractivity contribution in [1.29, 1.82) is 0 Å². The Morgan fingerprint density at radius 2 is 1.91 bits per heavy atom. The van der Waals surface area contributed by atoms with E-state index >= 15 is 0 Å². The van der Waals surface area contributed by atoms with Crippen molar-refractivity contribution in [2.75, 3.05) is 6.54 Å². The van der Waals surface area contributed by atoms with E-state index in [1.165, 1.54) is 23.3 Å². The number of hydrogen-bond donors (Lipinski definition) is 1. The third kappa shape index (κ3) is 3.07. The van der Waals surface area contributed by atoms with Gasteiger partial charge in [-0.1, -0.05) is 42.5 Å². The van der Waals surface area contributed by atoms with Gasteiger partial charge in [-0.2, -0.15) is 0 Å². The summed E-state index contributed by atoms with van der Waals surface area (Å²) in [5, 5.41) is 5.09. The summed E-state index contributed by atoms with van der Waals surface area (Å²) in [5.41, 5.74) is 1.20. The van der Waals surface area contributed by atoms with Gasteiger partial charge < -0.3 is 10.2 Å². The summed E-state index contributed by atoms with van der Waals surface area (Å²) < 4.78 is 0. The smallest absolute Gasteiger partial charge is 0.245 e. The van der Waals surface area contributed by atoms with E-state index in [0.717, 1.165) is 19.4 Å².